The van der Waals surface area contributed by atoms with Gasteiger partial charge in [-0.05, 0) is 24.3 Å². The van der Waals surface area contributed by atoms with E-state index >= 15 is 0 Å². The number of carbonyl (C=O) groups is 1. The summed E-state index contributed by atoms with van der Waals surface area (Å²) in [6.45, 7) is 1.44. The number of hydrogen-bond acceptors (Lipinski definition) is 5. The number of nitrogens with one attached hydrogen (secondary N) is 1. The molecule has 26 heavy (non-hydrogen) atoms. The lowest BCUT2D eigenvalue weighted by molar-refractivity contribution is 0.0943. The van der Waals surface area contributed by atoms with Crippen LogP contribution in [-0.2, 0) is 31.4 Å². The first-order chi connectivity index (χ1) is 12.6. The van der Waals surface area contributed by atoms with E-state index in [2.05, 4.69) is 15.4 Å². The highest BCUT2D eigenvalue weighted by molar-refractivity contribution is 5.97. The third-order valence-electron chi connectivity index (χ3n) is 4.39. The summed E-state index contributed by atoms with van der Waals surface area (Å²) >= 11 is 0. The van der Waals surface area contributed by atoms with E-state index in [4.69, 9.17) is 9.15 Å². The summed E-state index contributed by atoms with van der Waals surface area (Å²) in [5.74, 6) is -0.440. The molecule has 1 aliphatic rings. The second-order valence-corrected chi connectivity index (χ2v) is 6.02. The molecule has 1 aliphatic heterocycles. The van der Waals surface area contributed by atoms with Crippen LogP contribution in [0.15, 0.2) is 35.1 Å². The van der Waals surface area contributed by atoms with E-state index < -0.39 is 0 Å². The van der Waals surface area contributed by atoms with E-state index in [9.17, 15) is 9.18 Å². The van der Waals surface area contributed by atoms with Crippen LogP contribution in [-0.4, -0.2) is 27.3 Å². The molecule has 4 rings (SSSR count). The van der Waals surface area contributed by atoms with E-state index in [0.717, 1.165) is 23.4 Å². The largest absolute Gasteiger partial charge is 0.443 e. The molecule has 7 nitrogen and oxygen atoms in total. The van der Waals surface area contributed by atoms with Crippen molar-refractivity contribution in [1.82, 2.24) is 20.1 Å². The number of fused-ring (bicyclic) bond motifs is 1. The monoisotopic (exact) mass is 356 g/mol. The number of rotatable bonds is 4. The lowest BCUT2D eigenvalue weighted by atomic mass is 10.1. The van der Waals surface area contributed by atoms with Gasteiger partial charge >= 0.3 is 0 Å². The molecule has 0 atom stereocenters. The van der Waals surface area contributed by atoms with E-state index in [1.165, 1.54) is 18.5 Å². The van der Waals surface area contributed by atoms with Crippen molar-refractivity contribution in [2.45, 2.75) is 19.6 Å². The predicted octanol–water partition coefficient (Wildman–Crippen LogP) is 2.22. The summed E-state index contributed by atoms with van der Waals surface area (Å²) in [7, 11) is 1.89. The summed E-state index contributed by atoms with van der Waals surface area (Å²) in [6.07, 6.45) is 2.01. The molecule has 0 fully saturated rings. The summed E-state index contributed by atoms with van der Waals surface area (Å²) in [6, 6.07) is 5.69. The average molecular weight is 356 g/mol. The number of amides is 1. The Morgan fingerprint density at radius 3 is 2.96 bits per heavy atom. The number of halogens is 1. The molecule has 1 aromatic carbocycles. The highest BCUT2D eigenvalue weighted by atomic mass is 19.1. The van der Waals surface area contributed by atoms with Gasteiger partial charge in [-0.1, -0.05) is 0 Å². The van der Waals surface area contributed by atoms with Gasteiger partial charge in [0.2, 0.25) is 0 Å². The van der Waals surface area contributed by atoms with Gasteiger partial charge in [-0.2, -0.15) is 5.10 Å². The lowest BCUT2D eigenvalue weighted by Crippen LogP contribution is -2.24. The molecule has 2 aromatic heterocycles. The zero-order chi connectivity index (χ0) is 18.1. The predicted molar refractivity (Wildman–Crippen MR) is 89.6 cm³/mol. The van der Waals surface area contributed by atoms with Crippen molar-refractivity contribution in [1.29, 1.82) is 0 Å². The number of benzene rings is 1. The first-order valence-corrected chi connectivity index (χ1v) is 8.22. The van der Waals surface area contributed by atoms with Gasteiger partial charge in [-0.25, -0.2) is 9.37 Å². The Bertz CT molecular complexity index is 946. The zero-order valence-corrected chi connectivity index (χ0v) is 14.2. The molecule has 0 unspecified atom stereocenters. The Hall–Kier alpha value is -3.00. The number of aromatic nitrogens is 3. The van der Waals surface area contributed by atoms with Crippen LogP contribution >= 0.6 is 0 Å². The first-order valence-electron chi connectivity index (χ1n) is 8.22. The second kappa shape index (κ2) is 6.72. The Balaban J connectivity index is 1.52. The van der Waals surface area contributed by atoms with Crippen molar-refractivity contribution in [3.8, 4) is 11.3 Å². The van der Waals surface area contributed by atoms with Crippen molar-refractivity contribution >= 4 is 5.91 Å². The fraction of sp³-hybridized carbons (Fsp3) is 0.278. The van der Waals surface area contributed by atoms with Gasteiger partial charge in [0.05, 0.1) is 25.5 Å². The molecule has 0 spiro atoms. The minimum atomic E-state index is -0.380. The Morgan fingerprint density at radius 1 is 1.35 bits per heavy atom. The van der Waals surface area contributed by atoms with E-state index in [1.807, 2.05) is 11.7 Å². The van der Waals surface area contributed by atoms with Gasteiger partial charge in [-0.15, -0.1) is 0 Å². The standard InChI is InChI=1S/C18H17FN4O3/c1-23-15-6-7-25-9-13(15)14(22-23)8-20-18(24)16-17(26-10-21-16)11-2-4-12(19)5-3-11/h2-5,10H,6-9H2,1H3,(H,20,24). The maximum absolute atomic E-state index is 13.1. The molecule has 0 saturated carbocycles. The first kappa shape index (κ1) is 16.5. The molecule has 0 saturated heterocycles. The fourth-order valence-corrected chi connectivity index (χ4v) is 3.09. The molecule has 1 N–H and O–H groups in total. The van der Waals surface area contributed by atoms with Crippen molar-refractivity contribution in [2.75, 3.05) is 6.61 Å². The number of carbonyl (C=O) groups excluding carboxylic acids is 1. The summed E-state index contributed by atoms with van der Waals surface area (Å²) in [4.78, 5) is 16.5. The van der Waals surface area contributed by atoms with Crippen LogP contribution in [0.3, 0.4) is 0 Å². The third kappa shape index (κ3) is 2.99. The molecule has 3 heterocycles. The normalized spacial score (nSPS) is 13.5. The fourth-order valence-electron chi connectivity index (χ4n) is 3.09. The topological polar surface area (TPSA) is 82.2 Å². The number of aryl methyl sites for hydroxylation is 1. The lowest BCUT2D eigenvalue weighted by Gasteiger charge is -2.13. The van der Waals surface area contributed by atoms with Crippen LogP contribution in [0.1, 0.15) is 27.4 Å². The van der Waals surface area contributed by atoms with Crippen LogP contribution in [0.4, 0.5) is 4.39 Å². The maximum Gasteiger partial charge on any atom is 0.274 e. The van der Waals surface area contributed by atoms with E-state index in [1.54, 1.807) is 12.1 Å². The van der Waals surface area contributed by atoms with Gasteiger partial charge in [0.25, 0.3) is 5.91 Å². The smallest absolute Gasteiger partial charge is 0.274 e. The van der Waals surface area contributed by atoms with Crippen molar-refractivity contribution < 1.29 is 18.3 Å². The van der Waals surface area contributed by atoms with Crippen LogP contribution in [0, 0.1) is 5.82 Å². The van der Waals surface area contributed by atoms with Gasteiger partial charge in [0, 0.05) is 30.3 Å². The molecular weight excluding hydrogens is 339 g/mol. The van der Waals surface area contributed by atoms with E-state index in [-0.39, 0.29) is 24.0 Å². The minimum Gasteiger partial charge on any atom is -0.443 e. The molecule has 1 amide bonds. The van der Waals surface area contributed by atoms with Crippen molar-refractivity contribution in [2.24, 2.45) is 7.05 Å². The molecule has 8 heteroatoms. The highest BCUT2D eigenvalue weighted by Gasteiger charge is 2.22. The average Bonchev–Trinajstić information content (AvgIpc) is 3.26. The molecular formula is C18H17FN4O3. The summed E-state index contributed by atoms with van der Waals surface area (Å²) in [5, 5.41) is 7.29. The maximum atomic E-state index is 13.1. The molecule has 0 radical (unpaired) electrons. The highest BCUT2D eigenvalue weighted by Crippen LogP contribution is 2.24. The SMILES string of the molecule is Cn1nc(CNC(=O)c2ncoc2-c2ccc(F)cc2)c2c1CCOC2. The Labute approximate surface area is 148 Å². The second-order valence-electron chi connectivity index (χ2n) is 6.02. The number of oxazole rings is 1. The van der Waals surface area contributed by atoms with Crippen molar-refractivity contribution in [3.63, 3.8) is 0 Å². The van der Waals surface area contributed by atoms with Gasteiger partial charge < -0.3 is 14.5 Å². The Morgan fingerprint density at radius 2 is 2.15 bits per heavy atom. The van der Waals surface area contributed by atoms with Gasteiger partial charge in [0.15, 0.2) is 17.8 Å². The van der Waals surface area contributed by atoms with Crippen molar-refractivity contribution in [3.05, 3.63) is 59.1 Å². The number of hydrogen-bond donors (Lipinski definition) is 1. The minimum absolute atomic E-state index is 0.151. The zero-order valence-electron chi connectivity index (χ0n) is 14.2. The van der Waals surface area contributed by atoms with Crippen LogP contribution in [0.2, 0.25) is 0 Å². The molecule has 134 valence electrons. The Kier molecular flexibility index (Phi) is 4.26. The van der Waals surface area contributed by atoms with Gasteiger partial charge in [0.1, 0.15) is 5.82 Å². The number of ether oxygens (including phenoxy) is 1. The van der Waals surface area contributed by atoms with Crippen LogP contribution in [0.25, 0.3) is 11.3 Å². The molecule has 3 aromatic rings. The molecule has 0 aliphatic carbocycles. The van der Waals surface area contributed by atoms with Gasteiger partial charge in [-0.3, -0.25) is 9.48 Å². The van der Waals surface area contributed by atoms with Crippen LogP contribution in [0.5, 0.6) is 0 Å². The molecule has 0 bridgehead atoms. The summed E-state index contributed by atoms with van der Waals surface area (Å²) < 4.78 is 25.7. The third-order valence-corrected chi connectivity index (χ3v) is 4.39. The summed E-state index contributed by atoms with van der Waals surface area (Å²) in [5.41, 5.74) is 3.67. The quantitative estimate of drug-likeness (QED) is 0.775. The van der Waals surface area contributed by atoms with E-state index in [0.29, 0.717) is 24.5 Å². The number of nitrogens with zero attached hydrogens (tertiary/aromatic N) is 3. The van der Waals surface area contributed by atoms with Crippen LogP contribution < -0.4 is 5.32 Å².